The Morgan fingerprint density at radius 2 is 1.89 bits per heavy atom. The van der Waals surface area contributed by atoms with Gasteiger partial charge in [0.05, 0.1) is 6.07 Å². The number of nitrogens with one attached hydrogen (secondary N) is 1. The number of carbonyl (C=O) groups is 1. The van der Waals surface area contributed by atoms with Crippen molar-refractivity contribution in [2.75, 3.05) is 11.5 Å². The Bertz CT molecular complexity index is 280. The van der Waals surface area contributed by atoms with E-state index >= 15 is 0 Å². The van der Waals surface area contributed by atoms with Crippen molar-refractivity contribution in [1.82, 2.24) is 5.32 Å². The van der Waals surface area contributed by atoms with Crippen LogP contribution in [0.4, 0.5) is 0 Å². The van der Waals surface area contributed by atoms with Crippen LogP contribution in [0.1, 0.15) is 53.4 Å². The molecule has 0 bridgehead atoms. The Labute approximate surface area is 116 Å². The lowest BCUT2D eigenvalue weighted by atomic mass is 9.79. The van der Waals surface area contributed by atoms with Gasteiger partial charge in [0.1, 0.15) is 5.41 Å². The van der Waals surface area contributed by atoms with Crippen LogP contribution >= 0.6 is 11.8 Å². The molecule has 4 heteroatoms. The van der Waals surface area contributed by atoms with Crippen molar-refractivity contribution in [3.05, 3.63) is 0 Å². The van der Waals surface area contributed by atoms with E-state index < -0.39 is 5.41 Å². The van der Waals surface area contributed by atoms with E-state index in [0.29, 0.717) is 12.8 Å². The van der Waals surface area contributed by atoms with Crippen LogP contribution in [0, 0.1) is 16.7 Å². The highest BCUT2D eigenvalue weighted by atomic mass is 32.2. The standard InChI is InChI=1S/C14H26N2OS/c1-5-8-14(11-15,9-6-2)13(17)16-12(4)10-18-7-3/h12H,5-10H2,1-4H3,(H,16,17). The van der Waals surface area contributed by atoms with Crippen LogP contribution in [0.15, 0.2) is 0 Å². The quantitative estimate of drug-likeness (QED) is 0.699. The summed E-state index contributed by atoms with van der Waals surface area (Å²) in [5.74, 6) is 1.87. The van der Waals surface area contributed by atoms with Crippen molar-refractivity contribution >= 4 is 17.7 Å². The molecule has 1 N–H and O–H groups in total. The molecule has 0 aliphatic carbocycles. The van der Waals surface area contributed by atoms with Gasteiger partial charge in [-0.3, -0.25) is 4.79 Å². The molecule has 104 valence electrons. The Kier molecular flexibility index (Phi) is 8.91. The maximum Gasteiger partial charge on any atom is 0.240 e. The van der Waals surface area contributed by atoms with Crippen LogP contribution in [0.25, 0.3) is 0 Å². The molecule has 18 heavy (non-hydrogen) atoms. The number of thioether (sulfide) groups is 1. The molecule has 1 atom stereocenters. The normalized spacial score (nSPS) is 12.8. The van der Waals surface area contributed by atoms with Gasteiger partial charge >= 0.3 is 0 Å². The molecular formula is C14H26N2OS. The van der Waals surface area contributed by atoms with Gasteiger partial charge in [0, 0.05) is 11.8 Å². The lowest BCUT2D eigenvalue weighted by Gasteiger charge is -2.26. The van der Waals surface area contributed by atoms with Crippen molar-refractivity contribution in [2.45, 2.75) is 59.4 Å². The van der Waals surface area contributed by atoms with Crippen molar-refractivity contribution in [1.29, 1.82) is 5.26 Å². The average molecular weight is 270 g/mol. The van der Waals surface area contributed by atoms with E-state index in [1.807, 2.05) is 20.8 Å². The Morgan fingerprint density at radius 1 is 1.33 bits per heavy atom. The third-order valence-electron chi connectivity index (χ3n) is 2.95. The van der Waals surface area contributed by atoms with Crippen LogP contribution in [-0.4, -0.2) is 23.5 Å². The van der Waals surface area contributed by atoms with Crippen molar-refractivity contribution in [2.24, 2.45) is 5.41 Å². The zero-order valence-electron chi connectivity index (χ0n) is 12.1. The van der Waals surface area contributed by atoms with Crippen LogP contribution in [0.3, 0.4) is 0 Å². The minimum atomic E-state index is -0.825. The van der Waals surface area contributed by atoms with E-state index in [2.05, 4.69) is 18.3 Å². The minimum Gasteiger partial charge on any atom is -0.351 e. The Hall–Kier alpha value is -0.690. The van der Waals surface area contributed by atoms with E-state index in [1.165, 1.54) is 0 Å². The molecule has 1 unspecified atom stereocenters. The van der Waals surface area contributed by atoms with Crippen LogP contribution in [-0.2, 0) is 4.79 Å². The van der Waals surface area contributed by atoms with E-state index in [0.717, 1.165) is 24.3 Å². The van der Waals surface area contributed by atoms with Crippen molar-refractivity contribution in [3.8, 4) is 6.07 Å². The minimum absolute atomic E-state index is 0.0853. The van der Waals surface area contributed by atoms with Crippen LogP contribution in [0.2, 0.25) is 0 Å². The van der Waals surface area contributed by atoms with Crippen LogP contribution < -0.4 is 5.32 Å². The third-order valence-corrected chi connectivity index (χ3v) is 4.10. The first-order valence-corrected chi connectivity index (χ1v) is 8.01. The highest BCUT2D eigenvalue weighted by Crippen LogP contribution is 2.29. The first-order valence-electron chi connectivity index (χ1n) is 6.86. The topological polar surface area (TPSA) is 52.9 Å². The van der Waals surface area contributed by atoms with Crippen molar-refractivity contribution < 1.29 is 4.79 Å². The van der Waals surface area contributed by atoms with Gasteiger partial charge in [-0.1, -0.05) is 33.6 Å². The molecule has 0 saturated carbocycles. The van der Waals surface area contributed by atoms with Crippen LogP contribution in [0.5, 0.6) is 0 Å². The lowest BCUT2D eigenvalue weighted by Crippen LogP contribution is -2.45. The van der Waals surface area contributed by atoms with Gasteiger partial charge in [-0.2, -0.15) is 17.0 Å². The molecule has 0 saturated heterocycles. The first kappa shape index (κ1) is 17.3. The van der Waals surface area contributed by atoms with Gasteiger partial charge in [-0.05, 0) is 25.5 Å². The maximum atomic E-state index is 12.3. The van der Waals surface area contributed by atoms with Gasteiger partial charge in [0.25, 0.3) is 0 Å². The number of hydrogen-bond acceptors (Lipinski definition) is 3. The summed E-state index contributed by atoms with van der Waals surface area (Å²) in [6.07, 6.45) is 3.02. The maximum absolute atomic E-state index is 12.3. The number of amides is 1. The van der Waals surface area contributed by atoms with Gasteiger partial charge in [0.15, 0.2) is 0 Å². The molecule has 3 nitrogen and oxygen atoms in total. The smallest absolute Gasteiger partial charge is 0.240 e. The number of carbonyl (C=O) groups excluding carboxylic acids is 1. The second-order valence-corrected chi connectivity index (χ2v) is 6.05. The fourth-order valence-electron chi connectivity index (χ4n) is 2.07. The molecule has 0 radical (unpaired) electrons. The van der Waals surface area contributed by atoms with E-state index in [9.17, 15) is 10.1 Å². The second-order valence-electron chi connectivity index (χ2n) is 4.73. The zero-order chi connectivity index (χ0) is 14.0. The summed E-state index contributed by atoms with van der Waals surface area (Å²) in [6, 6.07) is 2.39. The van der Waals surface area contributed by atoms with E-state index in [4.69, 9.17) is 0 Å². The largest absolute Gasteiger partial charge is 0.351 e. The molecule has 0 spiro atoms. The van der Waals surface area contributed by atoms with Gasteiger partial charge in [-0.15, -0.1) is 0 Å². The predicted octanol–water partition coefficient (Wildman–Crippen LogP) is 3.35. The molecule has 0 aromatic heterocycles. The van der Waals surface area contributed by atoms with E-state index in [1.54, 1.807) is 11.8 Å². The fourth-order valence-corrected chi connectivity index (χ4v) is 2.74. The second kappa shape index (κ2) is 9.27. The molecule has 0 aromatic carbocycles. The van der Waals surface area contributed by atoms with Gasteiger partial charge in [-0.25, -0.2) is 0 Å². The molecule has 0 heterocycles. The molecule has 0 rings (SSSR count). The Morgan fingerprint density at radius 3 is 2.28 bits per heavy atom. The first-order chi connectivity index (χ1) is 8.56. The zero-order valence-corrected chi connectivity index (χ0v) is 12.9. The lowest BCUT2D eigenvalue weighted by molar-refractivity contribution is -0.129. The highest BCUT2D eigenvalue weighted by molar-refractivity contribution is 7.99. The SMILES string of the molecule is CCCC(C#N)(CCC)C(=O)NC(C)CSCC. The van der Waals surface area contributed by atoms with Crippen molar-refractivity contribution in [3.63, 3.8) is 0 Å². The van der Waals surface area contributed by atoms with Gasteiger partial charge < -0.3 is 5.32 Å². The highest BCUT2D eigenvalue weighted by Gasteiger charge is 2.37. The summed E-state index contributed by atoms with van der Waals surface area (Å²) in [5, 5.41) is 12.4. The number of hydrogen-bond donors (Lipinski definition) is 1. The number of nitriles is 1. The van der Waals surface area contributed by atoms with E-state index in [-0.39, 0.29) is 11.9 Å². The summed E-state index contributed by atoms with van der Waals surface area (Å²) in [7, 11) is 0. The van der Waals surface area contributed by atoms with Gasteiger partial charge in [0.2, 0.25) is 5.91 Å². The molecule has 0 aliphatic heterocycles. The number of rotatable bonds is 9. The average Bonchev–Trinajstić information content (AvgIpc) is 2.35. The summed E-state index contributed by atoms with van der Waals surface area (Å²) in [5.41, 5.74) is -0.825. The summed E-state index contributed by atoms with van der Waals surface area (Å²) in [4.78, 5) is 12.3. The summed E-state index contributed by atoms with van der Waals surface area (Å²) < 4.78 is 0. The molecular weight excluding hydrogens is 244 g/mol. The molecule has 0 fully saturated rings. The molecule has 1 amide bonds. The Balaban J connectivity index is 4.60. The fraction of sp³-hybridized carbons (Fsp3) is 0.857. The number of nitrogens with zero attached hydrogens (tertiary/aromatic N) is 1. The molecule has 0 aliphatic rings. The predicted molar refractivity (Wildman–Crippen MR) is 78.5 cm³/mol. The summed E-state index contributed by atoms with van der Waals surface area (Å²) in [6.45, 7) is 8.14. The monoisotopic (exact) mass is 270 g/mol. The summed E-state index contributed by atoms with van der Waals surface area (Å²) >= 11 is 1.81. The molecule has 0 aromatic rings. The third kappa shape index (κ3) is 5.30.